The van der Waals surface area contributed by atoms with Crippen molar-refractivity contribution in [3.63, 3.8) is 0 Å². The van der Waals surface area contributed by atoms with Gasteiger partial charge in [0.1, 0.15) is 0 Å². The van der Waals surface area contributed by atoms with Crippen LogP contribution in [-0.2, 0) is 19.1 Å². The number of esters is 2. The lowest BCUT2D eigenvalue weighted by molar-refractivity contribution is -0.403. The molecule has 0 aliphatic rings. The van der Waals surface area contributed by atoms with E-state index in [0.29, 0.717) is 0 Å². The van der Waals surface area contributed by atoms with Gasteiger partial charge in [-0.3, -0.25) is 9.59 Å². The summed E-state index contributed by atoms with van der Waals surface area (Å²) in [7, 11) is 0. The molecule has 1 atom stereocenters. The second-order valence-electron chi connectivity index (χ2n) is 5.04. The molecule has 0 aromatic heterocycles. The van der Waals surface area contributed by atoms with Gasteiger partial charge in [-0.1, -0.05) is 6.92 Å². The molecular formula is C13H15F9O4. The molecule has 154 valence electrons. The molecule has 0 N–H and O–H groups in total. The number of rotatable bonds is 8. The average Bonchev–Trinajstić information content (AvgIpc) is 2.46. The topological polar surface area (TPSA) is 52.6 Å². The zero-order chi connectivity index (χ0) is 21.1. The second kappa shape index (κ2) is 7.91. The van der Waals surface area contributed by atoms with Gasteiger partial charge in [0.05, 0.1) is 19.1 Å². The van der Waals surface area contributed by atoms with Gasteiger partial charge in [-0.15, -0.1) is 0 Å². The quantitative estimate of drug-likeness (QED) is 0.349. The third-order valence-corrected chi connectivity index (χ3v) is 3.32. The Balaban J connectivity index is 6.11. The number of hydrogen-bond donors (Lipinski definition) is 0. The molecule has 0 aliphatic heterocycles. The van der Waals surface area contributed by atoms with Gasteiger partial charge in [0.25, 0.3) is 0 Å². The minimum atomic E-state index is -7.13. The maximum Gasteiger partial charge on any atom is 0.460 e. The average molecular weight is 406 g/mol. The van der Waals surface area contributed by atoms with Crippen LogP contribution in [0.3, 0.4) is 0 Å². The summed E-state index contributed by atoms with van der Waals surface area (Å²) < 4.78 is 126. The van der Waals surface area contributed by atoms with Crippen LogP contribution in [0.2, 0.25) is 0 Å². The molecule has 0 aromatic carbocycles. The van der Waals surface area contributed by atoms with Gasteiger partial charge >= 0.3 is 35.9 Å². The highest BCUT2D eigenvalue weighted by atomic mass is 19.4. The van der Waals surface area contributed by atoms with E-state index in [9.17, 15) is 49.1 Å². The predicted octanol–water partition coefficient (Wildman–Crippen LogP) is 3.83. The van der Waals surface area contributed by atoms with Crippen LogP contribution in [0.5, 0.6) is 0 Å². The van der Waals surface area contributed by atoms with E-state index in [1.54, 1.807) is 0 Å². The zero-order valence-electron chi connectivity index (χ0n) is 13.6. The first-order valence-corrected chi connectivity index (χ1v) is 7.04. The predicted molar refractivity (Wildman–Crippen MR) is 66.8 cm³/mol. The number of hydrogen-bond acceptors (Lipinski definition) is 4. The molecule has 0 spiro atoms. The summed E-state index contributed by atoms with van der Waals surface area (Å²) in [6.07, 6.45) is -7.01. The highest BCUT2D eigenvalue weighted by Crippen LogP contribution is 2.56. The van der Waals surface area contributed by atoms with Gasteiger partial charge in [-0.25, -0.2) is 0 Å². The van der Waals surface area contributed by atoms with Gasteiger partial charge in [0.2, 0.25) is 0 Å². The van der Waals surface area contributed by atoms with Crippen molar-refractivity contribution < 1.29 is 58.6 Å². The molecule has 0 saturated carbocycles. The Bertz CT molecular complexity index is 498. The summed E-state index contributed by atoms with van der Waals surface area (Å²) in [5.41, 5.74) is 0. The smallest absolute Gasteiger partial charge is 0.460 e. The number of ether oxygens (including phenoxy) is 2. The highest BCUT2D eigenvalue weighted by Gasteiger charge is 2.83. The zero-order valence-corrected chi connectivity index (χ0v) is 13.6. The van der Waals surface area contributed by atoms with E-state index in [4.69, 9.17) is 0 Å². The molecule has 0 fully saturated rings. The Morgan fingerprint density at radius 2 is 1.12 bits per heavy atom. The van der Waals surface area contributed by atoms with E-state index in [2.05, 4.69) is 9.47 Å². The highest BCUT2D eigenvalue weighted by molar-refractivity contribution is 5.95. The molecular weight excluding hydrogens is 391 g/mol. The Morgan fingerprint density at radius 1 is 0.769 bits per heavy atom. The van der Waals surface area contributed by atoms with Crippen LogP contribution >= 0.6 is 0 Å². The number of alkyl halides is 9. The van der Waals surface area contributed by atoms with Crippen molar-refractivity contribution in [3.8, 4) is 0 Å². The van der Waals surface area contributed by atoms with Crippen LogP contribution in [-0.4, -0.2) is 49.1 Å². The third kappa shape index (κ3) is 4.17. The summed E-state index contributed by atoms with van der Waals surface area (Å²) in [4.78, 5) is 23.2. The van der Waals surface area contributed by atoms with Crippen molar-refractivity contribution in [1.82, 2.24) is 0 Å². The van der Waals surface area contributed by atoms with Crippen LogP contribution in [0.4, 0.5) is 39.5 Å². The lowest BCUT2D eigenvalue weighted by Crippen LogP contribution is -2.64. The first-order valence-electron chi connectivity index (χ1n) is 7.04. The summed E-state index contributed by atoms with van der Waals surface area (Å²) in [6.45, 7) is 1.31. The molecule has 0 aromatic rings. The minimum Gasteiger partial charge on any atom is -0.465 e. The first kappa shape index (κ1) is 24.3. The van der Waals surface area contributed by atoms with E-state index < -0.39 is 60.9 Å². The SMILES string of the molecule is CCOC(=O)C(C(=O)OCC)C(C)C(F)(F)C(F)(F)C(F)(F)C(F)(F)F. The van der Waals surface area contributed by atoms with Crippen LogP contribution in [0.1, 0.15) is 20.8 Å². The molecule has 0 rings (SSSR count). The lowest BCUT2D eigenvalue weighted by Gasteiger charge is -2.37. The fourth-order valence-corrected chi connectivity index (χ4v) is 1.85. The van der Waals surface area contributed by atoms with Gasteiger partial charge in [-0.05, 0) is 13.8 Å². The Labute approximate surface area is 141 Å². The normalized spacial score (nSPS) is 15.0. The maximum absolute atomic E-state index is 13.9. The molecule has 0 saturated heterocycles. The molecule has 26 heavy (non-hydrogen) atoms. The first-order chi connectivity index (χ1) is 11.5. The van der Waals surface area contributed by atoms with Crippen molar-refractivity contribution >= 4 is 11.9 Å². The van der Waals surface area contributed by atoms with E-state index in [-0.39, 0.29) is 6.92 Å². The fraction of sp³-hybridized carbons (Fsp3) is 0.846. The summed E-state index contributed by atoms with van der Waals surface area (Å²) >= 11 is 0. The minimum absolute atomic E-state index is 0.0405. The van der Waals surface area contributed by atoms with E-state index >= 15 is 0 Å². The number of carbonyl (C=O) groups excluding carboxylic acids is 2. The molecule has 0 amide bonds. The molecule has 0 radical (unpaired) electrons. The van der Waals surface area contributed by atoms with Gasteiger partial charge in [0.15, 0.2) is 5.92 Å². The van der Waals surface area contributed by atoms with Crippen molar-refractivity contribution in [2.75, 3.05) is 13.2 Å². The summed E-state index contributed by atoms with van der Waals surface area (Å²) in [6, 6.07) is 0. The molecule has 1 unspecified atom stereocenters. The van der Waals surface area contributed by atoms with E-state index in [0.717, 1.165) is 13.8 Å². The Morgan fingerprint density at radius 3 is 1.38 bits per heavy atom. The van der Waals surface area contributed by atoms with Crippen molar-refractivity contribution in [2.24, 2.45) is 11.8 Å². The largest absolute Gasteiger partial charge is 0.465 e. The monoisotopic (exact) mass is 406 g/mol. The van der Waals surface area contributed by atoms with Crippen LogP contribution < -0.4 is 0 Å². The molecule has 4 nitrogen and oxygen atoms in total. The van der Waals surface area contributed by atoms with Crippen molar-refractivity contribution in [2.45, 2.75) is 44.7 Å². The third-order valence-electron chi connectivity index (χ3n) is 3.32. The van der Waals surface area contributed by atoms with Crippen LogP contribution in [0, 0.1) is 11.8 Å². The Kier molecular flexibility index (Phi) is 7.39. The maximum atomic E-state index is 13.9. The molecule has 0 heterocycles. The van der Waals surface area contributed by atoms with Gasteiger partial charge in [0, 0.05) is 0 Å². The van der Waals surface area contributed by atoms with Gasteiger partial charge in [-0.2, -0.15) is 39.5 Å². The molecule has 13 heteroatoms. The standard InChI is InChI=1S/C13H15F9O4/c1-4-25-8(23)7(9(24)26-5-2)6(3)10(14,15)11(16,17)12(18,19)13(20,21)22/h6-7H,4-5H2,1-3H3. The van der Waals surface area contributed by atoms with Crippen LogP contribution in [0.15, 0.2) is 0 Å². The van der Waals surface area contributed by atoms with Crippen molar-refractivity contribution in [1.29, 1.82) is 0 Å². The number of carbonyl (C=O) groups is 2. The van der Waals surface area contributed by atoms with Crippen LogP contribution in [0.25, 0.3) is 0 Å². The summed E-state index contributed by atoms with van der Waals surface area (Å²) in [5.74, 6) is -30.0. The fourth-order valence-electron chi connectivity index (χ4n) is 1.85. The van der Waals surface area contributed by atoms with E-state index in [1.165, 1.54) is 0 Å². The number of halogens is 9. The van der Waals surface area contributed by atoms with E-state index in [1.807, 2.05) is 0 Å². The molecule has 0 bridgehead atoms. The van der Waals surface area contributed by atoms with Crippen molar-refractivity contribution in [3.05, 3.63) is 0 Å². The molecule has 0 aliphatic carbocycles. The second-order valence-corrected chi connectivity index (χ2v) is 5.04. The Hall–Kier alpha value is -1.69. The lowest BCUT2D eigenvalue weighted by atomic mass is 9.83. The van der Waals surface area contributed by atoms with Gasteiger partial charge < -0.3 is 9.47 Å². The summed E-state index contributed by atoms with van der Waals surface area (Å²) in [5, 5.41) is 0.